The lowest BCUT2D eigenvalue weighted by Crippen LogP contribution is -2.19. The van der Waals surface area contributed by atoms with Crippen LogP contribution in [-0.4, -0.2) is 20.1 Å². The highest BCUT2D eigenvalue weighted by Crippen LogP contribution is 2.22. The number of rotatable bonds is 6. The van der Waals surface area contributed by atoms with Gasteiger partial charge >= 0.3 is 0 Å². The highest BCUT2D eigenvalue weighted by molar-refractivity contribution is 6.30. The Morgan fingerprint density at radius 3 is 2.50 bits per heavy atom. The number of halogens is 3. The van der Waals surface area contributed by atoms with Crippen molar-refractivity contribution in [2.45, 2.75) is 13.8 Å². The molecular weight excluding hydrogens is 460 g/mol. The van der Waals surface area contributed by atoms with Gasteiger partial charge in [0.2, 0.25) is 5.43 Å². The molecule has 34 heavy (non-hydrogen) atoms. The summed E-state index contributed by atoms with van der Waals surface area (Å²) in [6.45, 7) is 3.42. The first-order chi connectivity index (χ1) is 16.2. The minimum atomic E-state index is -0.929. The standard InChI is InChI=1S/C25H20ClF2N5O/c1-15-10-19(32-13-20(27)21(28)14-32)6-7-23(15)33-9-8-24(34)25(31-33)22(11-16(2)29)30-18-5-3-4-17(26)12-18/h3-14,29-30H,1-2H3/b22-11-,29-16?. The summed E-state index contributed by atoms with van der Waals surface area (Å²) in [5, 5.41) is 16.1. The summed E-state index contributed by atoms with van der Waals surface area (Å²) in [6, 6.07) is 13.6. The molecule has 0 saturated heterocycles. The molecule has 0 aliphatic carbocycles. The Bertz CT molecular complexity index is 1470. The van der Waals surface area contributed by atoms with Crippen LogP contribution >= 0.6 is 11.6 Å². The molecule has 0 fully saturated rings. The van der Waals surface area contributed by atoms with Gasteiger partial charge in [0.25, 0.3) is 0 Å². The maximum absolute atomic E-state index is 13.4. The number of benzene rings is 2. The van der Waals surface area contributed by atoms with E-state index in [9.17, 15) is 13.6 Å². The molecule has 4 rings (SSSR count). The summed E-state index contributed by atoms with van der Waals surface area (Å²) in [5.41, 5.74) is 3.03. The molecule has 2 heterocycles. The van der Waals surface area contributed by atoms with E-state index in [-0.39, 0.29) is 16.8 Å². The lowest BCUT2D eigenvalue weighted by atomic mass is 10.1. The van der Waals surface area contributed by atoms with Crippen LogP contribution in [0, 0.1) is 24.0 Å². The summed E-state index contributed by atoms with van der Waals surface area (Å²) in [7, 11) is 0. The second-order valence-electron chi connectivity index (χ2n) is 7.68. The van der Waals surface area contributed by atoms with Crippen LogP contribution in [0.25, 0.3) is 17.1 Å². The first kappa shape index (κ1) is 23.1. The third-order valence-corrected chi connectivity index (χ3v) is 5.22. The van der Waals surface area contributed by atoms with Crippen molar-refractivity contribution in [1.29, 1.82) is 5.41 Å². The highest BCUT2D eigenvalue weighted by atomic mass is 35.5. The number of nitrogens with zero attached hydrogens (tertiary/aromatic N) is 3. The van der Waals surface area contributed by atoms with Gasteiger partial charge in [-0.15, -0.1) is 0 Å². The van der Waals surface area contributed by atoms with E-state index in [1.54, 1.807) is 54.1 Å². The van der Waals surface area contributed by atoms with E-state index in [0.29, 0.717) is 27.8 Å². The largest absolute Gasteiger partial charge is 0.353 e. The molecule has 0 radical (unpaired) electrons. The van der Waals surface area contributed by atoms with Gasteiger partial charge in [-0.2, -0.15) is 5.10 Å². The van der Waals surface area contributed by atoms with Gasteiger partial charge in [-0.3, -0.25) is 4.79 Å². The van der Waals surface area contributed by atoms with Crippen molar-refractivity contribution in [3.05, 3.63) is 111 Å². The monoisotopic (exact) mass is 479 g/mol. The van der Waals surface area contributed by atoms with Crippen molar-refractivity contribution >= 4 is 28.7 Å². The van der Waals surface area contributed by atoms with Gasteiger partial charge in [0.15, 0.2) is 17.3 Å². The number of allylic oxidation sites excluding steroid dienone is 1. The Morgan fingerprint density at radius 2 is 1.85 bits per heavy atom. The van der Waals surface area contributed by atoms with E-state index in [2.05, 4.69) is 10.4 Å². The van der Waals surface area contributed by atoms with Gasteiger partial charge < -0.3 is 15.3 Å². The first-order valence-electron chi connectivity index (χ1n) is 10.3. The molecule has 0 unspecified atom stereocenters. The smallest absolute Gasteiger partial charge is 0.209 e. The first-order valence-corrected chi connectivity index (χ1v) is 10.6. The molecule has 9 heteroatoms. The van der Waals surface area contributed by atoms with Gasteiger partial charge in [-0.1, -0.05) is 17.7 Å². The zero-order valence-corrected chi connectivity index (χ0v) is 19.1. The van der Waals surface area contributed by atoms with Crippen LogP contribution in [-0.2, 0) is 0 Å². The lowest BCUT2D eigenvalue weighted by Gasteiger charge is -2.15. The Balaban J connectivity index is 1.74. The van der Waals surface area contributed by atoms with Crippen LogP contribution in [0.1, 0.15) is 18.2 Å². The van der Waals surface area contributed by atoms with Crippen LogP contribution in [0.2, 0.25) is 5.02 Å². The fourth-order valence-electron chi connectivity index (χ4n) is 3.44. The molecule has 2 aromatic heterocycles. The van der Waals surface area contributed by atoms with Crippen LogP contribution in [0.3, 0.4) is 0 Å². The van der Waals surface area contributed by atoms with Crippen molar-refractivity contribution in [1.82, 2.24) is 14.3 Å². The predicted molar refractivity (Wildman–Crippen MR) is 130 cm³/mol. The fraction of sp³-hybridized carbons (Fsp3) is 0.0800. The van der Waals surface area contributed by atoms with Gasteiger partial charge in [-0.05, 0) is 61.9 Å². The zero-order chi connectivity index (χ0) is 24.4. The molecule has 2 aromatic carbocycles. The minimum Gasteiger partial charge on any atom is -0.353 e. The van der Waals surface area contributed by atoms with Crippen LogP contribution in [0.5, 0.6) is 0 Å². The number of anilines is 1. The molecular formula is C25H20ClF2N5O. The molecule has 0 amide bonds. The molecule has 0 aliphatic heterocycles. The molecule has 172 valence electrons. The second-order valence-corrected chi connectivity index (χ2v) is 8.12. The average molecular weight is 480 g/mol. The summed E-state index contributed by atoms with van der Waals surface area (Å²) in [4.78, 5) is 12.7. The van der Waals surface area contributed by atoms with Crippen molar-refractivity contribution in [3.63, 3.8) is 0 Å². The molecule has 0 spiro atoms. The maximum atomic E-state index is 13.4. The van der Waals surface area contributed by atoms with Crippen molar-refractivity contribution < 1.29 is 8.78 Å². The van der Waals surface area contributed by atoms with E-state index in [1.165, 1.54) is 22.9 Å². The molecule has 0 atom stereocenters. The Labute approximate surface area is 199 Å². The van der Waals surface area contributed by atoms with Gasteiger partial charge in [0.05, 0.1) is 11.4 Å². The van der Waals surface area contributed by atoms with Crippen LogP contribution in [0.4, 0.5) is 14.5 Å². The van der Waals surface area contributed by atoms with Crippen molar-refractivity contribution in [2.24, 2.45) is 0 Å². The van der Waals surface area contributed by atoms with Crippen molar-refractivity contribution in [3.8, 4) is 11.4 Å². The zero-order valence-electron chi connectivity index (χ0n) is 18.3. The third kappa shape index (κ3) is 4.97. The number of hydrogen-bond acceptors (Lipinski definition) is 4. The van der Waals surface area contributed by atoms with E-state index in [4.69, 9.17) is 17.0 Å². The molecule has 6 nitrogen and oxygen atoms in total. The SMILES string of the molecule is CC(=N)/C=C(\Nc1cccc(Cl)c1)c1nn(-c2ccc(-n3cc(F)c(F)c3)cc2C)ccc1=O. The van der Waals surface area contributed by atoms with Crippen LogP contribution in [0.15, 0.2) is 78.0 Å². The normalized spacial score (nSPS) is 11.5. The Kier molecular flexibility index (Phi) is 6.43. The van der Waals surface area contributed by atoms with Gasteiger partial charge in [0.1, 0.15) is 0 Å². The molecule has 2 N–H and O–H groups in total. The summed E-state index contributed by atoms with van der Waals surface area (Å²) in [6.07, 6.45) is 5.19. The highest BCUT2D eigenvalue weighted by Gasteiger charge is 2.13. The second kappa shape index (κ2) is 9.44. The number of aromatic nitrogens is 3. The molecule has 0 aliphatic rings. The van der Waals surface area contributed by atoms with Gasteiger partial charge in [-0.25, -0.2) is 13.5 Å². The van der Waals surface area contributed by atoms with Crippen molar-refractivity contribution in [2.75, 3.05) is 5.32 Å². The Morgan fingerprint density at radius 1 is 1.12 bits per heavy atom. The quantitative estimate of drug-likeness (QED) is 0.345. The third-order valence-electron chi connectivity index (χ3n) is 4.99. The fourth-order valence-corrected chi connectivity index (χ4v) is 3.63. The molecule has 4 aromatic rings. The lowest BCUT2D eigenvalue weighted by molar-refractivity contribution is 0.516. The number of nitrogens with one attached hydrogen (secondary N) is 2. The molecule has 0 saturated carbocycles. The topological polar surface area (TPSA) is 75.7 Å². The average Bonchev–Trinajstić information content (AvgIpc) is 3.12. The van der Waals surface area contributed by atoms with Gasteiger partial charge in [0, 0.05) is 46.8 Å². The van der Waals surface area contributed by atoms with E-state index >= 15 is 0 Å². The number of hydrogen-bond donors (Lipinski definition) is 2. The van der Waals surface area contributed by atoms with E-state index in [0.717, 1.165) is 18.0 Å². The molecule has 0 bridgehead atoms. The predicted octanol–water partition coefficient (Wildman–Crippen LogP) is 5.76. The summed E-state index contributed by atoms with van der Waals surface area (Å²) in [5.74, 6) is -1.86. The Hall–Kier alpha value is -4.04. The maximum Gasteiger partial charge on any atom is 0.209 e. The summed E-state index contributed by atoms with van der Waals surface area (Å²) >= 11 is 6.07. The van der Waals surface area contributed by atoms with E-state index in [1.807, 2.05) is 6.92 Å². The number of aryl methyl sites for hydroxylation is 1. The summed E-state index contributed by atoms with van der Waals surface area (Å²) < 4.78 is 29.7. The van der Waals surface area contributed by atoms with E-state index < -0.39 is 11.6 Å². The minimum absolute atomic E-state index is 0.118. The van der Waals surface area contributed by atoms with Crippen LogP contribution < -0.4 is 10.7 Å².